The van der Waals surface area contributed by atoms with Crippen molar-refractivity contribution in [1.29, 1.82) is 0 Å². The Morgan fingerprint density at radius 1 is 1.06 bits per heavy atom. The molecular weight excluding hydrogens is 275 g/mol. The molecule has 0 aromatic heterocycles. The predicted molar refractivity (Wildman–Crippen MR) is 72.8 cm³/mol. The topological polar surface area (TPSA) is 20.2 Å². The van der Waals surface area contributed by atoms with Crippen LogP contribution in [0, 0.1) is 6.92 Å². The van der Waals surface area contributed by atoms with Gasteiger partial charge in [0.15, 0.2) is 0 Å². The zero-order chi connectivity index (χ0) is 12.1. The van der Waals surface area contributed by atoms with Crippen LogP contribution in [0.25, 0.3) is 0 Å². The molecule has 2 aromatic carbocycles. The van der Waals surface area contributed by atoms with E-state index in [-0.39, 0.29) is 6.10 Å². The summed E-state index contributed by atoms with van der Waals surface area (Å²) in [6.45, 7) is 2.10. The first kappa shape index (κ1) is 12.4. The van der Waals surface area contributed by atoms with E-state index in [1.807, 2.05) is 30.3 Å². The molecule has 0 saturated carbocycles. The molecule has 2 aromatic rings. The summed E-state index contributed by atoms with van der Waals surface area (Å²) in [5.41, 5.74) is 2.31. The second-order valence-electron chi connectivity index (χ2n) is 4.05. The van der Waals surface area contributed by atoms with Gasteiger partial charge in [-0.2, -0.15) is 0 Å². The van der Waals surface area contributed by atoms with Crippen molar-refractivity contribution >= 4 is 19.4 Å². The Kier molecular flexibility index (Phi) is 4.38. The van der Waals surface area contributed by atoms with Gasteiger partial charge in [-0.3, -0.25) is 0 Å². The first-order valence-corrected chi connectivity index (χ1v) is 7.75. The number of rotatable bonds is 4. The van der Waals surface area contributed by atoms with Crippen LogP contribution in [0.4, 0.5) is 0 Å². The fourth-order valence-electron chi connectivity index (χ4n) is 1.65. The van der Waals surface area contributed by atoms with Gasteiger partial charge in [-0.1, -0.05) is 0 Å². The fraction of sp³-hybridized carbons (Fsp3) is 0.200. The van der Waals surface area contributed by atoms with Crippen LogP contribution in [-0.2, 0) is 0 Å². The van der Waals surface area contributed by atoms with Crippen molar-refractivity contribution in [1.82, 2.24) is 0 Å². The van der Waals surface area contributed by atoms with Gasteiger partial charge >= 0.3 is 109 Å². The summed E-state index contributed by atoms with van der Waals surface area (Å²) in [5, 5.41) is 10.9. The molecular formula is C15H16OSe. The normalized spacial score (nSPS) is 12.4. The van der Waals surface area contributed by atoms with Crippen LogP contribution >= 0.6 is 0 Å². The van der Waals surface area contributed by atoms with Crippen molar-refractivity contribution in [3.05, 3.63) is 65.7 Å². The Morgan fingerprint density at radius 2 is 1.82 bits per heavy atom. The number of aliphatic hydroxyl groups excluding tert-OH is 1. The van der Waals surface area contributed by atoms with Crippen LogP contribution in [0.5, 0.6) is 0 Å². The first-order valence-electron chi connectivity index (χ1n) is 5.68. The molecule has 1 N–H and O–H groups in total. The second kappa shape index (κ2) is 6.02. The molecule has 2 rings (SSSR count). The number of aryl methyl sites for hydroxylation is 1. The molecule has 0 aliphatic rings. The minimum atomic E-state index is -0.336. The molecule has 0 aliphatic carbocycles. The molecule has 1 unspecified atom stereocenters. The van der Waals surface area contributed by atoms with E-state index in [0.29, 0.717) is 15.0 Å². The average Bonchev–Trinajstić information content (AvgIpc) is 2.37. The Bertz CT molecular complexity index is 467. The molecule has 1 nitrogen and oxygen atoms in total. The van der Waals surface area contributed by atoms with Crippen molar-refractivity contribution in [3.8, 4) is 0 Å². The molecule has 0 heterocycles. The minimum absolute atomic E-state index is 0.335. The average molecular weight is 291 g/mol. The van der Waals surface area contributed by atoms with E-state index in [1.54, 1.807) is 0 Å². The number of aliphatic hydroxyl groups is 1. The van der Waals surface area contributed by atoms with Gasteiger partial charge < -0.3 is 0 Å². The summed E-state index contributed by atoms with van der Waals surface area (Å²) < 4.78 is 1.35. The Labute approximate surface area is 109 Å². The molecule has 0 fully saturated rings. The van der Waals surface area contributed by atoms with Crippen molar-refractivity contribution < 1.29 is 5.11 Å². The van der Waals surface area contributed by atoms with Gasteiger partial charge in [-0.15, -0.1) is 0 Å². The number of hydrogen-bond donors (Lipinski definition) is 1. The third-order valence-corrected chi connectivity index (χ3v) is 4.83. The maximum absolute atomic E-state index is 10.1. The van der Waals surface area contributed by atoms with Crippen LogP contribution in [0.2, 0.25) is 5.32 Å². The summed E-state index contributed by atoms with van der Waals surface area (Å²) in [4.78, 5) is 0. The van der Waals surface area contributed by atoms with Gasteiger partial charge in [-0.05, 0) is 0 Å². The van der Waals surface area contributed by atoms with Crippen molar-refractivity contribution in [2.75, 3.05) is 0 Å². The molecule has 0 saturated heterocycles. The van der Waals surface area contributed by atoms with E-state index < -0.39 is 0 Å². The Morgan fingerprint density at radius 3 is 2.53 bits per heavy atom. The predicted octanol–water partition coefficient (Wildman–Crippen LogP) is 2.48. The molecule has 0 spiro atoms. The van der Waals surface area contributed by atoms with Crippen LogP contribution < -0.4 is 4.46 Å². The molecule has 88 valence electrons. The Hall–Kier alpha value is -1.08. The van der Waals surface area contributed by atoms with Crippen molar-refractivity contribution in [3.63, 3.8) is 0 Å². The van der Waals surface area contributed by atoms with Gasteiger partial charge in [0.2, 0.25) is 0 Å². The molecule has 17 heavy (non-hydrogen) atoms. The molecule has 0 aliphatic heterocycles. The molecule has 0 amide bonds. The summed E-state index contributed by atoms with van der Waals surface area (Å²) in [5.74, 6) is 0. The zero-order valence-electron chi connectivity index (χ0n) is 9.84. The van der Waals surface area contributed by atoms with Gasteiger partial charge in [0, 0.05) is 0 Å². The van der Waals surface area contributed by atoms with Crippen LogP contribution in [0.3, 0.4) is 0 Å². The molecule has 2 heteroatoms. The van der Waals surface area contributed by atoms with E-state index in [0.717, 1.165) is 10.9 Å². The van der Waals surface area contributed by atoms with E-state index >= 15 is 0 Å². The van der Waals surface area contributed by atoms with Crippen molar-refractivity contribution in [2.24, 2.45) is 0 Å². The maximum atomic E-state index is 10.1. The number of benzene rings is 2. The SMILES string of the molecule is Cc1cccc([Se]CC(O)c2ccccc2)c1. The second-order valence-corrected chi connectivity index (χ2v) is 6.35. The van der Waals surface area contributed by atoms with E-state index in [1.165, 1.54) is 10.0 Å². The summed E-state index contributed by atoms with van der Waals surface area (Å²) in [6.07, 6.45) is -0.336. The van der Waals surface area contributed by atoms with Gasteiger partial charge in [-0.25, -0.2) is 0 Å². The Balaban J connectivity index is 1.95. The van der Waals surface area contributed by atoms with Gasteiger partial charge in [0.1, 0.15) is 0 Å². The molecule has 0 bridgehead atoms. The zero-order valence-corrected chi connectivity index (χ0v) is 11.5. The fourth-order valence-corrected chi connectivity index (χ4v) is 3.72. The van der Waals surface area contributed by atoms with Gasteiger partial charge in [0.05, 0.1) is 0 Å². The van der Waals surface area contributed by atoms with E-state index in [9.17, 15) is 5.11 Å². The molecule has 0 radical (unpaired) electrons. The summed E-state index contributed by atoms with van der Waals surface area (Å²) in [6, 6.07) is 18.4. The first-order chi connectivity index (χ1) is 8.25. The quantitative estimate of drug-likeness (QED) is 0.858. The third-order valence-electron chi connectivity index (χ3n) is 2.58. The van der Waals surface area contributed by atoms with Crippen molar-refractivity contribution in [2.45, 2.75) is 18.3 Å². The summed E-state index contributed by atoms with van der Waals surface area (Å²) in [7, 11) is 0. The summed E-state index contributed by atoms with van der Waals surface area (Å²) >= 11 is 0.335. The molecule has 1 atom stereocenters. The van der Waals surface area contributed by atoms with Crippen LogP contribution in [-0.4, -0.2) is 20.1 Å². The van der Waals surface area contributed by atoms with Crippen LogP contribution in [0.1, 0.15) is 17.2 Å². The van der Waals surface area contributed by atoms with Gasteiger partial charge in [0.25, 0.3) is 0 Å². The van der Waals surface area contributed by atoms with Crippen LogP contribution in [0.15, 0.2) is 54.6 Å². The van der Waals surface area contributed by atoms with E-state index in [2.05, 4.69) is 31.2 Å². The standard InChI is InChI=1S/C15H16OSe/c1-12-6-5-9-14(10-12)17-11-15(16)13-7-3-2-4-8-13/h2-10,15-16H,11H2,1H3. The van der Waals surface area contributed by atoms with E-state index in [4.69, 9.17) is 0 Å². The number of hydrogen-bond acceptors (Lipinski definition) is 1. The third kappa shape index (κ3) is 3.71. The monoisotopic (exact) mass is 292 g/mol.